The summed E-state index contributed by atoms with van der Waals surface area (Å²) in [7, 11) is -1.45. The van der Waals surface area contributed by atoms with Gasteiger partial charge in [0.25, 0.3) is 5.56 Å². The maximum absolute atomic E-state index is 11.7. The van der Waals surface area contributed by atoms with Crippen molar-refractivity contribution in [3.8, 4) is 12.3 Å². The third-order valence-corrected chi connectivity index (χ3v) is 3.45. The summed E-state index contributed by atoms with van der Waals surface area (Å²) < 4.78 is 27.2. The molecule has 17 heavy (non-hydrogen) atoms. The SMILES string of the molecule is C#CCNS(=O)(=O)c1cn(C)c(=O)n(C)c1=O. The largest absolute Gasteiger partial charge is 0.330 e. The van der Waals surface area contributed by atoms with Gasteiger partial charge in [-0.3, -0.25) is 9.36 Å². The molecule has 1 N–H and O–H groups in total. The quantitative estimate of drug-likeness (QED) is 0.634. The first-order valence-corrected chi connectivity index (χ1v) is 5.99. The van der Waals surface area contributed by atoms with Crippen LogP contribution in [0.25, 0.3) is 0 Å². The fourth-order valence-electron chi connectivity index (χ4n) is 1.17. The molecule has 0 spiro atoms. The zero-order valence-corrected chi connectivity index (χ0v) is 10.1. The normalized spacial score (nSPS) is 11.1. The van der Waals surface area contributed by atoms with Crippen molar-refractivity contribution >= 4 is 10.0 Å². The molecular formula is C9H11N3O4S. The van der Waals surface area contributed by atoms with E-state index in [1.807, 2.05) is 4.72 Å². The first kappa shape index (κ1) is 13.2. The molecule has 1 aromatic heterocycles. The predicted octanol–water partition coefficient (Wildman–Crippen LogP) is -2.00. The Hall–Kier alpha value is -1.85. The fraction of sp³-hybridized carbons (Fsp3) is 0.333. The third-order valence-electron chi connectivity index (χ3n) is 2.07. The predicted molar refractivity (Wildman–Crippen MR) is 60.9 cm³/mol. The number of sulfonamides is 1. The zero-order valence-electron chi connectivity index (χ0n) is 9.30. The molecule has 1 aromatic rings. The van der Waals surface area contributed by atoms with Crippen LogP contribution in [0.15, 0.2) is 20.7 Å². The summed E-state index contributed by atoms with van der Waals surface area (Å²) >= 11 is 0. The van der Waals surface area contributed by atoms with Crippen LogP contribution in [0, 0.1) is 12.3 Å². The Labute approximate surface area is 97.7 Å². The lowest BCUT2D eigenvalue weighted by atomic mass is 10.6. The van der Waals surface area contributed by atoms with Gasteiger partial charge < -0.3 is 4.57 Å². The minimum Gasteiger partial charge on any atom is -0.302 e. The van der Waals surface area contributed by atoms with Crippen LogP contribution < -0.4 is 16.0 Å². The molecule has 0 radical (unpaired) electrons. The summed E-state index contributed by atoms with van der Waals surface area (Å²) in [6.07, 6.45) is 5.88. The number of hydrogen-bond acceptors (Lipinski definition) is 4. The first-order chi connectivity index (χ1) is 7.81. The molecule has 0 unspecified atom stereocenters. The molecule has 0 atom stereocenters. The van der Waals surface area contributed by atoms with Crippen LogP contribution in [0.1, 0.15) is 0 Å². The molecule has 0 bridgehead atoms. The van der Waals surface area contributed by atoms with E-state index in [9.17, 15) is 18.0 Å². The van der Waals surface area contributed by atoms with Crippen LogP contribution >= 0.6 is 0 Å². The van der Waals surface area contributed by atoms with E-state index in [1.54, 1.807) is 0 Å². The molecule has 0 aliphatic heterocycles. The van der Waals surface area contributed by atoms with Crippen molar-refractivity contribution in [1.29, 1.82) is 0 Å². The summed E-state index contributed by atoms with van der Waals surface area (Å²) in [5.74, 6) is 2.09. The smallest absolute Gasteiger partial charge is 0.302 e. The van der Waals surface area contributed by atoms with Crippen molar-refractivity contribution in [2.45, 2.75) is 4.90 Å². The van der Waals surface area contributed by atoms with E-state index in [0.717, 1.165) is 10.8 Å². The van der Waals surface area contributed by atoms with Gasteiger partial charge >= 0.3 is 5.69 Å². The maximum Gasteiger partial charge on any atom is 0.330 e. The Bertz CT molecular complexity index is 690. The molecule has 0 saturated heterocycles. The van der Waals surface area contributed by atoms with Crippen LogP contribution in [-0.2, 0) is 24.1 Å². The highest BCUT2D eigenvalue weighted by atomic mass is 32.2. The number of rotatable bonds is 3. The van der Waals surface area contributed by atoms with Crippen LogP contribution in [0.2, 0.25) is 0 Å². The number of nitrogens with zero attached hydrogens (tertiary/aromatic N) is 2. The lowest BCUT2D eigenvalue weighted by Gasteiger charge is -2.07. The van der Waals surface area contributed by atoms with Gasteiger partial charge in [0, 0.05) is 20.3 Å². The van der Waals surface area contributed by atoms with Crippen LogP contribution in [-0.4, -0.2) is 24.1 Å². The average molecular weight is 257 g/mol. The van der Waals surface area contributed by atoms with Gasteiger partial charge in [0.2, 0.25) is 10.0 Å². The number of nitrogens with one attached hydrogen (secondary N) is 1. The molecule has 8 heteroatoms. The number of terminal acetylenes is 1. The molecule has 0 amide bonds. The van der Waals surface area contributed by atoms with E-state index < -0.39 is 26.2 Å². The van der Waals surface area contributed by atoms with E-state index in [-0.39, 0.29) is 6.54 Å². The topological polar surface area (TPSA) is 90.2 Å². The highest BCUT2D eigenvalue weighted by molar-refractivity contribution is 7.89. The maximum atomic E-state index is 11.7. The van der Waals surface area contributed by atoms with E-state index in [1.165, 1.54) is 14.1 Å². The minimum atomic E-state index is -4.00. The number of hydrogen-bond donors (Lipinski definition) is 1. The second-order valence-electron chi connectivity index (χ2n) is 3.28. The zero-order chi connectivity index (χ0) is 13.2. The molecule has 0 saturated carbocycles. The number of aromatic nitrogens is 2. The Kier molecular flexibility index (Phi) is 3.55. The van der Waals surface area contributed by atoms with Gasteiger partial charge in [-0.25, -0.2) is 13.2 Å². The second kappa shape index (κ2) is 4.57. The molecular weight excluding hydrogens is 246 g/mol. The Morgan fingerprint density at radius 1 is 1.41 bits per heavy atom. The summed E-state index contributed by atoms with van der Waals surface area (Å²) in [6, 6.07) is 0. The van der Waals surface area contributed by atoms with Crippen molar-refractivity contribution in [3.63, 3.8) is 0 Å². The Morgan fingerprint density at radius 3 is 2.53 bits per heavy atom. The molecule has 0 aliphatic rings. The molecule has 0 fully saturated rings. The second-order valence-corrected chi connectivity index (χ2v) is 5.02. The van der Waals surface area contributed by atoms with E-state index in [2.05, 4.69) is 5.92 Å². The molecule has 92 valence electrons. The molecule has 1 rings (SSSR count). The summed E-state index contributed by atoms with van der Waals surface area (Å²) in [5, 5.41) is 0. The van der Waals surface area contributed by atoms with Gasteiger partial charge in [0.15, 0.2) is 4.90 Å². The highest BCUT2D eigenvalue weighted by Gasteiger charge is 2.20. The monoisotopic (exact) mass is 257 g/mol. The number of aryl methyl sites for hydroxylation is 1. The van der Waals surface area contributed by atoms with Crippen molar-refractivity contribution in [1.82, 2.24) is 13.9 Å². The minimum absolute atomic E-state index is 0.228. The van der Waals surface area contributed by atoms with Gasteiger partial charge in [-0.2, -0.15) is 4.72 Å². The van der Waals surface area contributed by atoms with E-state index in [0.29, 0.717) is 4.57 Å². The third kappa shape index (κ3) is 2.46. The van der Waals surface area contributed by atoms with Crippen molar-refractivity contribution in [2.75, 3.05) is 6.54 Å². The standard InChI is InChI=1S/C9H11N3O4S/c1-4-5-10-17(15,16)7-6-11(2)9(14)12(3)8(7)13/h1,6,10H,5H2,2-3H3. The van der Waals surface area contributed by atoms with E-state index in [4.69, 9.17) is 6.42 Å². The molecule has 1 heterocycles. The van der Waals surface area contributed by atoms with Crippen molar-refractivity contribution in [3.05, 3.63) is 27.0 Å². The van der Waals surface area contributed by atoms with Crippen molar-refractivity contribution < 1.29 is 8.42 Å². The van der Waals surface area contributed by atoms with Crippen molar-refractivity contribution in [2.24, 2.45) is 14.1 Å². The lowest BCUT2D eigenvalue weighted by Crippen LogP contribution is -2.41. The molecule has 7 nitrogen and oxygen atoms in total. The summed E-state index contributed by atoms with van der Waals surface area (Å²) in [6.45, 7) is -0.228. The van der Waals surface area contributed by atoms with E-state index >= 15 is 0 Å². The van der Waals surface area contributed by atoms with Gasteiger partial charge in [-0.15, -0.1) is 6.42 Å². The Morgan fingerprint density at radius 2 is 2.00 bits per heavy atom. The van der Waals surface area contributed by atoms with Gasteiger partial charge in [0.05, 0.1) is 6.54 Å². The van der Waals surface area contributed by atoms with Crippen LogP contribution in [0.3, 0.4) is 0 Å². The summed E-state index contributed by atoms with van der Waals surface area (Å²) in [4.78, 5) is 22.5. The first-order valence-electron chi connectivity index (χ1n) is 4.51. The molecule has 0 aliphatic carbocycles. The Balaban J connectivity index is 3.50. The molecule has 0 aromatic carbocycles. The fourth-order valence-corrected chi connectivity index (χ4v) is 2.27. The van der Waals surface area contributed by atoms with Gasteiger partial charge in [-0.1, -0.05) is 5.92 Å². The van der Waals surface area contributed by atoms with Gasteiger partial charge in [0.1, 0.15) is 0 Å². The van der Waals surface area contributed by atoms with Gasteiger partial charge in [-0.05, 0) is 0 Å². The van der Waals surface area contributed by atoms with Crippen LogP contribution in [0.5, 0.6) is 0 Å². The lowest BCUT2D eigenvalue weighted by molar-refractivity contribution is 0.575. The highest BCUT2D eigenvalue weighted by Crippen LogP contribution is 1.98. The average Bonchev–Trinajstić information content (AvgIpc) is 2.28. The summed E-state index contributed by atoms with van der Waals surface area (Å²) in [5.41, 5.74) is -1.50. The van der Waals surface area contributed by atoms with Crippen LogP contribution in [0.4, 0.5) is 0 Å².